The third-order valence-electron chi connectivity index (χ3n) is 3.17. The first-order valence-corrected chi connectivity index (χ1v) is 6.21. The maximum Gasteiger partial charge on any atom is 0.251 e. The third kappa shape index (κ3) is 3.36. The van der Waals surface area contributed by atoms with Crippen molar-refractivity contribution >= 4 is 5.82 Å². The molecule has 0 bridgehead atoms. The predicted molar refractivity (Wildman–Crippen MR) is 64.5 cm³/mol. The number of rotatable bonds is 3. The van der Waals surface area contributed by atoms with E-state index < -0.39 is 17.6 Å². The van der Waals surface area contributed by atoms with Crippen molar-refractivity contribution in [3.05, 3.63) is 23.6 Å². The second kappa shape index (κ2) is 6.21. The average molecular weight is 275 g/mol. The van der Waals surface area contributed by atoms with Crippen LogP contribution in [-0.4, -0.2) is 54.3 Å². The van der Waals surface area contributed by atoms with Crippen molar-refractivity contribution in [1.82, 2.24) is 9.88 Å². The van der Waals surface area contributed by atoms with Crippen LogP contribution in [0.3, 0.4) is 0 Å². The number of hydrogen-bond acceptors (Lipinski definition) is 4. The van der Waals surface area contributed by atoms with Crippen molar-refractivity contribution in [2.24, 2.45) is 0 Å². The molecule has 1 saturated heterocycles. The minimum atomic E-state index is -1.28. The molecule has 2 rings (SSSR count). The fourth-order valence-electron chi connectivity index (χ4n) is 2.20. The molecule has 0 aliphatic carbocycles. The molecular formula is C12H16F3N3O. The summed E-state index contributed by atoms with van der Waals surface area (Å²) in [4.78, 5) is 7.00. The largest absolute Gasteiger partial charge is 0.395 e. The lowest BCUT2D eigenvalue weighted by Crippen LogP contribution is -2.33. The molecule has 1 N–H and O–H groups in total. The van der Waals surface area contributed by atoms with Crippen molar-refractivity contribution < 1.29 is 18.3 Å². The first-order chi connectivity index (χ1) is 9.11. The lowest BCUT2D eigenvalue weighted by molar-refractivity contribution is 0.204. The van der Waals surface area contributed by atoms with Crippen LogP contribution in [0.2, 0.25) is 0 Å². The van der Waals surface area contributed by atoms with E-state index in [0.29, 0.717) is 32.2 Å². The summed E-state index contributed by atoms with van der Waals surface area (Å²) in [5.41, 5.74) is 0. The topological polar surface area (TPSA) is 39.6 Å². The normalized spacial score (nSPS) is 17.6. The fourth-order valence-corrected chi connectivity index (χ4v) is 2.20. The molecule has 2 heterocycles. The minimum Gasteiger partial charge on any atom is -0.395 e. The van der Waals surface area contributed by atoms with Crippen LogP contribution in [0.5, 0.6) is 0 Å². The highest BCUT2D eigenvalue weighted by atomic mass is 19.2. The molecule has 0 amide bonds. The van der Waals surface area contributed by atoms with Gasteiger partial charge in [0.15, 0.2) is 17.5 Å². The highest BCUT2D eigenvalue weighted by Crippen LogP contribution is 2.20. The molecule has 0 aromatic carbocycles. The maximum atomic E-state index is 13.6. The molecule has 0 radical (unpaired) electrons. The van der Waals surface area contributed by atoms with E-state index in [0.717, 1.165) is 13.0 Å². The Morgan fingerprint density at radius 3 is 2.63 bits per heavy atom. The van der Waals surface area contributed by atoms with E-state index in [1.54, 1.807) is 4.90 Å². The molecule has 1 aromatic heterocycles. The number of hydrogen-bond donors (Lipinski definition) is 1. The summed E-state index contributed by atoms with van der Waals surface area (Å²) in [5.74, 6) is -3.56. The van der Waals surface area contributed by atoms with Crippen molar-refractivity contribution in [2.75, 3.05) is 44.2 Å². The molecule has 1 aromatic rings. The van der Waals surface area contributed by atoms with E-state index in [4.69, 9.17) is 5.11 Å². The van der Waals surface area contributed by atoms with E-state index in [1.807, 2.05) is 4.90 Å². The van der Waals surface area contributed by atoms with Gasteiger partial charge in [-0.1, -0.05) is 0 Å². The summed E-state index contributed by atoms with van der Waals surface area (Å²) in [6, 6.07) is 0.522. The van der Waals surface area contributed by atoms with E-state index in [2.05, 4.69) is 4.98 Å². The molecule has 106 valence electrons. The SMILES string of the molecule is OCCN1CCCN(c2nc(F)c(F)cc2F)CC1. The second-order valence-electron chi connectivity index (χ2n) is 4.47. The summed E-state index contributed by atoms with van der Waals surface area (Å²) >= 11 is 0. The van der Waals surface area contributed by atoms with Gasteiger partial charge in [0.1, 0.15) is 0 Å². The Morgan fingerprint density at radius 2 is 1.89 bits per heavy atom. The highest BCUT2D eigenvalue weighted by molar-refractivity contribution is 5.40. The number of anilines is 1. The van der Waals surface area contributed by atoms with E-state index in [1.165, 1.54) is 0 Å². The van der Waals surface area contributed by atoms with Gasteiger partial charge >= 0.3 is 0 Å². The molecule has 1 aliphatic rings. The van der Waals surface area contributed by atoms with Gasteiger partial charge in [0.2, 0.25) is 0 Å². The van der Waals surface area contributed by atoms with Crippen LogP contribution in [0, 0.1) is 17.6 Å². The Kier molecular flexibility index (Phi) is 4.60. The summed E-state index contributed by atoms with van der Waals surface area (Å²) < 4.78 is 39.6. The van der Waals surface area contributed by atoms with Crippen molar-refractivity contribution in [1.29, 1.82) is 0 Å². The number of halogens is 3. The summed E-state index contributed by atoms with van der Waals surface area (Å²) in [5, 5.41) is 8.89. The molecule has 0 saturated carbocycles. The van der Waals surface area contributed by atoms with E-state index in [9.17, 15) is 13.2 Å². The zero-order valence-electron chi connectivity index (χ0n) is 10.4. The van der Waals surface area contributed by atoms with E-state index >= 15 is 0 Å². The molecule has 4 nitrogen and oxygen atoms in total. The number of aliphatic hydroxyl groups is 1. The Bertz CT molecular complexity index is 444. The van der Waals surface area contributed by atoms with Crippen LogP contribution in [0.25, 0.3) is 0 Å². The predicted octanol–water partition coefficient (Wildman–Crippen LogP) is 1.00. The van der Waals surface area contributed by atoms with Crippen LogP contribution in [0.15, 0.2) is 6.07 Å². The standard InChI is InChI=1S/C12H16F3N3O/c13-9-8-10(14)12(16-11(9)15)18-3-1-2-17(4-5-18)6-7-19/h8,19H,1-7H2. The lowest BCUT2D eigenvalue weighted by atomic mass is 10.3. The van der Waals surface area contributed by atoms with Gasteiger partial charge in [-0.25, -0.2) is 8.78 Å². The Labute approximate surface area is 109 Å². The number of aliphatic hydroxyl groups excluding tert-OH is 1. The lowest BCUT2D eigenvalue weighted by Gasteiger charge is -2.22. The van der Waals surface area contributed by atoms with Crippen molar-refractivity contribution in [3.63, 3.8) is 0 Å². The number of nitrogens with zero attached hydrogens (tertiary/aromatic N) is 3. The van der Waals surface area contributed by atoms with Gasteiger partial charge in [-0.3, -0.25) is 4.90 Å². The number of pyridine rings is 1. The van der Waals surface area contributed by atoms with Crippen LogP contribution < -0.4 is 4.90 Å². The molecule has 7 heteroatoms. The molecule has 0 unspecified atom stereocenters. The first-order valence-electron chi connectivity index (χ1n) is 6.21. The van der Waals surface area contributed by atoms with Crippen LogP contribution in [0.4, 0.5) is 19.0 Å². The molecule has 0 atom stereocenters. The van der Waals surface area contributed by atoms with Gasteiger partial charge in [0, 0.05) is 32.2 Å². The Morgan fingerprint density at radius 1 is 1.11 bits per heavy atom. The second-order valence-corrected chi connectivity index (χ2v) is 4.47. The molecular weight excluding hydrogens is 259 g/mol. The third-order valence-corrected chi connectivity index (χ3v) is 3.17. The van der Waals surface area contributed by atoms with Gasteiger partial charge in [-0.2, -0.15) is 9.37 Å². The Balaban J connectivity index is 2.12. The van der Waals surface area contributed by atoms with Crippen LogP contribution >= 0.6 is 0 Å². The van der Waals surface area contributed by atoms with Crippen molar-refractivity contribution in [3.8, 4) is 0 Å². The summed E-state index contributed by atoms with van der Waals surface area (Å²) in [6.07, 6.45) is 0.750. The van der Waals surface area contributed by atoms with E-state index in [-0.39, 0.29) is 12.4 Å². The minimum absolute atomic E-state index is 0.0672. The summed E-state index contributed by atoms with van der Waals surface area (Å²) in [7, 11) is 0. The van der Waals surface area contributed by atoms with Gasteiger partial charge in [-0.05, 0) is 13.0 Å². The zero-order chi connectivity index (χ0) is 13.8. The fraction of sp³-hybridized carbons (Fsp3) is 0.583. The number of β-amino-alcohol motifs (C(OH)–C–C–N with tert-alkyl or cyclic N) is 1. The maximum absolute atomic E-state index is 13.6. The van der Waals surface area contributed by atoms with Gasteiger partial charge in [0.25, 0.3) is 5.95 Å². The quantitative estimate of drug-likeness (QED) is 0.836. The Hall–Kier alpha value is -1.34. The first kappa shape index (κ1) is 14.1. The highest BCUT2D eigenvalue weighted by Gasteiger charge is 2.20. The molecule has 0 spiro atoms. The van der Waals surface area contributed by atoms with Gasteiger partial charge in [-0.15, -0.1) is 0 Å². The smallest absolute Gasteiger partial charge is 0.251 e. The van der Waals surface area contributed by atoms with Crippen molar-refractivity contribution in [2.45, 2.75) is 6.42 Å². The average Bonchev–Trinajstić information content (AvgIpc) is 2.60. The molecule has 1 aliphatic heterocycles. The monoisotopic (exact) mass is 275 g/mol. The van der Waals surface area contributed by atoms with Gasteiger partial charge in [0.05, 0.1) is 6.61 Å². The van der Waals surface area contributed by atoms with Gasteiger partial charge < -0.3 is 10.0 Å². The number of aromatic nitrogens is 1. The molecule has 1 fully saturated rings. The van der Waals surface area contributed by atoms with Crippen LogP contribution in [0.1, 0.15) is 6.42 Å². The zero-order valence-corrected chi connectivity index (χ0v) is 10.4. The van der Waals surface area contributed by atoms with Crippen LogP contribution in [-0.2, 0) is 0 Å². The molecule has 19 heavy (non-hydrogen) atoms. The summed E-state index contributed by atoms with van der Waals surface area (Å²) in [6.45, 7) is 3.02.